The number of anilines is 1. The zero-order valence-corrected chi connectivity index (χ0v) is 16.1. The van der Waals surface area contributed by atoms with Crippen molar-refractivity contribution < 1.29 is 24.2 Å². The highest BCUT2D eigenvalue weighted by Gasteiger charge is 2.20. The summed E-state index contributed by atoms with van der Waals surface area (Å²) in [6.45, 7) is 1.63. The first kappa shape index (κ1) is 21.7. The van der Waals surface area contributed by atoms with Crippen LogP contribution in [-0.4, -0.2) is 41.7 Å². The molecule has 1 aromatic heterocycles. The lowest BCUT2D eigenvalue weighted by Gasteiger charge is -2.17. The second kappa shape index (κ2) is 10.1. The molecule has 29 heavy (non-hydrogen) atoms. The van der Waals surface area contributed by atoms with Crippen LogP contribution in [0, 0.1) is 11.3 Å². The number of aromatic nitrogens is 1. The molecule has 1 amide bonds. The first-order valence-corrected chi connectivity index (χ1v) is 8.76. The zero-order chi connectivity index (χ0) is 21.4. The Bertz CT molecular complexity index is 908. The van der Waals surface area contributed by atoms with Crippen LogP contribution in [-0.2, 0) is 20.7 Å². The normalized spacial score (nSPS) is 12.3. The van der Waals surface area contributed by atoms with E-state index in [0.717, 1.165) is 5.56 Å². The van der Waals surface area contributed by atoms with Crippen molar-refractivity contribution in [1.29, 1.82) is 5.26 Å². The molecule has 0 saturated heterocycles. The number of carbonyl (C=O) groups excluding carboxylic acids is 2. The van der Waals surface area contributed by atoms with Gasteiger partial charge in [-0.2, -0.15) is 5.26 Å². The number of amides is 1. The van der Waals surface area contributed by atoms with E-state index < -0.39 is 18.0 Å². The number of nitrogens with two attached hydrogens (primary N) is 1. The molecule has 0 spiro atoms. The molecule has 1 aromatic carbocycles. The van der Waals surface area contributed by atoms with Crippen molar-refractivity contribution >= 4 is 17.7 Å². The van der Waals surface area contributed by atoms with Gasteiger partial charge in [0.1, 0.15) is 17.6 Å². The summed E-state index contributed by atoms with van der Waals surface area (Å²) in [6, 6.07) is 9.99. The molecule has 2 aromatic rings. The molecule has 4 N–H and O–H groups in total. The van der Waals surface area contributed by atoms with Gasteiger partial charge in [-0.25, -0.2) is 9.78 Å². The Hall–Kier alpha value is -3.64. The fourth-order valence-electron chi connectivity index (χ4n) is 2.53. The number of ether oxygens (including phenoxy) is 2. The molecule has 0 fully saturated rings. The summed E-state index contributed by atoms with van der Waals surface area (Å²) in [5, 5.41) is 21.9. The highest BCUT2D eigenvalue weighted by Crippen LogP contribution is 2.18. The van der Waals surface area contributed by atoms with Crippen LogP contribution >= 0.6 is 0 Å². The maximum Gasteiger partial charge on any atom is 0.343 e. The molecule has 2 rings (SSSR count). The van der Waals surface area contributed by atoms with Crippen molar-refractivity contribution in [1.82, 2.24) is 10.3 Å². The van der Waals surface area contributed by atoms with Gasteiger partial charge in [0.05, 0.1) is 12.7 Å². The topological polar surface area (TPSA) is 148 Å². The zero-order valence-electron chi connectivity index (χ0n) is 16.1. The summed E-state index contributed by atoms with van der Waals surface area (Å²) in [5.74, 6) is -0.514. The number of benzene rings is 1. The minimum atomic E-state index is -1.47. The van der Waals surface area contributed by atoms with E-state index in [1.807, 2.05) is 18.2 Å². The summed E-state index contributed by atoms with van der Waals surface area (Å²) in [5.41, 5.74) is 6.76. The molecule has 2 unspecified atom stereocenters. The lowest BCUT2D eigenvalue weighted by atomic mass is 10.1. The summed E-state index contributed by atoms with van der Waals surface area (Å²) < 4.78 is 9.78. The van der Waals surface area contributed by atoms with E-state index in [1.54, 1.807) is 19.1 Å². The fourth-order valence-corrected chi connectivity index (χ4v) is 2.53. The molecule has 0 saturated carbocycles. The average molecular weight is 398 g/mol. The Morgan fingerprint density at radius 3 is 2.66 bits per heavy atom. The van der Waals surface area contributed by atoms with Gasteiger partial charge in [0, 0.05) is 17.8 Å². The summed E-state index contributed by atoms with van der Waals surface area (Å²) in [4.78, 5) is 27.2. The highest BCUT2D eigenvalue weighted by molar-refractivity contribution is 5.82. The quantitative estimate of drug-likeness (QED) is 0.555. The van der Waals surface area contributed by atoms with Gasteiger partial charge in [0.2, 0.25) is 0 Å². The molecular weight excluding hydrogens is 376 g/mol. The molecule has 9 heteroatoms. The minimum Gasteiger partial charge on any atom is -0.482 e. The van der Waals surface area contributed by atoms with Crippen LogP contribution in [0.3, 0.4) is 0 Å². The van der Waals surface area contributed by atoms with E-state index in [0.29, 0.717) is 12.2 Å². The van der Waals surface area contributed by atoms with E-state index in [4.69, 9.17) is 15.7 Å². The van der Waals surface area contributed by atoms with E-state index in [2.05, 4.69) is 15.0 Å². The van der Waals surface area contributed by atoms with Crippen molar-refractivity contribution in [3.8, 4) is 11.8 Å². The number of nitrogen functional groups attached to an aromatic ring is 1. The largest absolute Gasteiger partial charge is 0.482 e. The second-order valence-corrected chi connectivity index (χ2v) is 6.34. The molecule has 1 heterocycles. The van der Waals surface area contributed by atoms with Gasteiger partial charge in [-0.3, -0.25) is 4.79 Å². The SMILES string of the molecule is COC(=O)COc1ccc(CC(C)NC(=O)C(O)c2cnc(N)c(C#N)c2)cc1. The molecule has 152 valence electrons. The van der Waals surface area contributed by atoms with Crippen LogP contribution in [0.5, 0.6) is 5.75 Å². The Kier molecular flexibility index (Phi) is 7.51. The van der Waals surface area contributed by atoms with E-state index in [9.17, 15) is 14.7 Å². The monoisotopic (exact) mass is 398 g/mol. The molecule has 0 aliphatic heterocycles. The summed E-state index contributed by atoms with van der Waals surface area (Å²) in [6.07, 6.45) is 0.309. The van der Waals surface area contributed by atoms with Crippen molar-refractivity contribution in [2.45, 2.75) is 25.5 Å². The summed E-state index contributed by atoms with van der Waals surface area (Å²) >= 11 is 0. The van der Waals surface area contributed by atoms with Gasteiger partial charge in [-0.1, -0.05) is 12.1 Å². The maximum atomic E-state index is 12.3. The maximum absolute atomic E-state index is 12.3. The van der Waals surface area contributed by atoms with Crippen molar-refractivity contribution in [3.05, 3.63) is 53.2 Å². The number of aliphatic hydroxyl groups excluding tert-OH is 1. The average Bonchev–Trinajstić information content (AvgIpc) is 2.72. The van der Waals surface area contributed by atoms with Gasteiger partial charge in [0.15, 0.2) is 12.7 Å². The Morgan fingerprint density at radius 2 is 2.03 bits per heavy atom. The number of hydrogen-bond donors (Lipinski definition) is 3. The molecule has 9 nitrogen and oxygen atoms in total. The number of carbonyl (C=O) groups is 2. The van der Waals surface area contributed by atoms with Crippen LogP contribution < -0.4 is 15.8 Å². The van der Waals surface area contributed by atoms with Gasteiger partial charge in [0.25, 0.3) is 5.91 Å². The number of nitrogens with one attached hydrogen (secondary N) is 1. The standard InChI is InChI=1S/C20H22N4O5/c1-12(7-13-3-5-16(6-4-13)29-11-17(25)28-2)24-20(27)18(26)15-8-14(9-21)19(22)23-10-15/h3-6,8,10,12,18,26H,7,11H2,1-2H3,(H2,22,23)(H,24,27). The van der Waals surface area contributed by atoms with Crippen LogP contribution in [0.15, 0.2) is 36.5 Å². The van der Waals surface area contributed by atoms with Gasteiger partial charge in [-0.05, 0) is 37.1 Å². The Morgan fingerprint density at radius 1 is 1.34 bits per heavy atom. The number of hydrogen-bond acceptors (Lipinski definition) is 8. The van der Waals surface area contributed by atoms with Crippen molar-refractivity contribution in [2.75, 3.05) is 19.5 Å². The number of pyridine rings is 1. The molecule has 0 aliphatic carbocycles. The smallest absolute Gasteiger partial charge is 0.343 e. The van der Waals surface area contributed by atoms with Crippen molar-refractivity contribution in [2.24, 2.45) is 0 Å². The van der Waals surface area contributed by atoms with Crippen LogP contribution in [0.25, 0.3) is 0 Å². The number of nitrogens with zero attached hydrogens (tertiary/aromatic N) is 2. The molecule has 0 aliphatic rings. The third kappa shape index (κ3) is 6.19. The second-order valence-electron chi connectivity index (χ2n) is 6.34. The number of nitriles is 1. The van der Waals surface area contributed by atoms with Crippen LogP contribution in [0.2, 0.25) is 0 Å². The number of methoxy groups -OCH3 is 1. The van der Waals surface area contributed by atoms with E-state index >= 15 is 0 Å². The molecular formula is C20H22N4O5. The molecule has 0 radical (unpaired) electrons. The lowest BCUT2D eigenvalue weighted by Crippen LogP contribution is -2.37. The minimum absolute atomic E-state index is 0.0382. The van der Waals surface area contributed by atoms with Crippen LogP contribution in [0.1, 0.15) is 29.7 Å². The number of aliphatic hydroxyl groups is 1. The molecule has 0 bridgehead atoms. The number of esters is 1. The first-order valence-electron chi connectivity index (χ1n) is 8.76. The number of rotatable bonds is 8. The molecule has 2 atom stereocenters. The van der Waals surface area contributed by atoms with Gasteiger partial charge < -0.3 is 25.6 Å². The highest BCUT2D eigenvalue weighted by atomic mass is 16.6. The fraction of sp³-hybridized carbons (Fsp3) is 0.300. The van der Waals surface area contributed by atoms with E-state index in [1.165, 1.54) is 19.4 Å². The predicted molar refractivity (Wildman–Crippen MR) is 104 cm³/mol. The first-order chi connectivity index (χ1) is 13.8. The lowest BCUT2D eigenvalue weighted by molar-refractivity contribution is -0.142. The summed E-state index contributed by atoms with van der Waals surface area (Å²) in [7, 11) is 1.29. The van der Waals surface area contributed by atoms with Crippen LogP contribution in [0.4, 0.5) is 5.82 Å². The Balaban J connectivity index is 1.91. The van der Waals surface area contributed by atoms with Gasteiger partial charge >= 0.3 is 5.97 Å². The Labute approximate surface area is 168 Å². The third-order valence-electron chi connectivity index (χ3n) is 4.06. The van der Waals surface area contributed by atoms with E-state index in [-0.39, 0.29) is 29.6 Å². The van der Waals surface area contributed by atoms with Crippen molar-refractivity contribution in [3.63, 3.8) is 0 Å². The van der Waals surface area contributed by atoms with Gasteiger partial charge in [-0.15, -0.1) is 0 Å². The third-order valence-corrected chi connectivity index (χ3v) is 4.06. The predicted octanol–water partition coefficient (Wildman–Crippen LogP) is 0.868.